The Hall–Kier alpha value is -1.31. The van der Waals surface area contributed by atoms with Crippen molar-refractivity contribution < 1.29 is 27.9 Å². The third-order valence-corrected chi connectivity index (χ3v) is 4.27. The standard InChI is InChI=1S/C11H19NO6S/c1-11(2,3)18-10(15)12-4-5-19(16,17)7-8(12)6-9(13)14/h8H,4-7H2,1-3H3,(H,13,14)/t8-/m0/s1. The molecule has 0 radical (unpaired) electrons. The van der Waals surface area contributed by atoms with Gasteiger partial charge in [-0.2, -0.15) is 0 Å². The second-order valence-electron chi connectivity index (χ2n) is 5.54. The van der Waals surface area contributed by atoms with E-state index in [1.54, 1.807) is 20.8 Å². The Balaban J connectivity index is 2.85. The molecule has 8 heteroatoms. The Kier molecular flexibility index (Phi) is 4.44. The van der Waals surface area contributed by atoms with Gasteiger partial charge in [-0.3, -0.25) is 4.79 Å². The number of carboxylic acids is 1. The van der Waals surface area contributed by atoms with Gasteiger partial charge in [-0.25, -0.2) is 13.2 Å². The lowest BCUT2D eigenvalue weighted by atomic mass is 10.2. The minimum Gasteiger partial charge on any atom is -0.481 e. The number of ether oxygens (including phenoxy) is 1. The molecule has 19 heavy (non-hydrogen) atoms. The second kappa shape index (κ2) is 5.36. The Morgan fingerprint density at radius 3 is 2.42 bits per heavy atom. The largest absolute Gasteiger partial charge is 0.481 e. The van der Waals surface area contributed by atoms with Crippen molar-refractivity contribution in [1.29, 1.82) is 0 Å². The molecular weight excluding hydrogens is 274 g/mol. The van der Waals surface area contributed by atoms with Crippen LogP contribution in [-0.2, 0) is 19.4 Å². The third kappa shape index (κ3) is 5.06. The van der Waals surface area contributed by atoms with E-state index >= 15 is 0 Å². The molecule has 110 valence electrons. The summed E-state index contributed by atoms with van der Waals surface area (Å²) in [6.07, 6.45) is -1.08. The third-order valence-electron chi connectivity index (χ3n) is 2.57. The maximum Gasteiger partial charge on any atom is 0.410 e. The minimum atomic E-state index is -3.30. The molecule has 1 rings (SSSR count). The van der Waals surface area contributed by atoms with Crippen LogP contribution in [0.25, 0.3) is 0 Å². The van der Waals surface area contributed by atoms with Crippen LogP contribution in [0, 0.1) is 0 Å². The zero-order chi connectivity index (χ0) is 14.8. The molecule has 1 amide bonds. The van der Waals surface area contributed by atoms with E-state index in [-0.39, 0.29) is 18.1 Å². The highest BCUT2D eigenvalue weighted by Gasteiger charge is 2.37. The molecule has 1 aliphatic heterocycles. The maximum absolute atomic E-state index is 11.9. The Morgan fingerprint density at radius 1 is 1.37 bits per heavy atom. The molecule has 0 aromatic rings. The first-order valence-corrected chi connectivity index (χ1v) is 7.74. The summed E-state index contributed by atoms with van der Waals surface area (Å²) >= 11 is 0. The molecule has 0 unspecified atom stereocenters. The second-order valence-corrected chi connectivity index (χ2v) is 7.77. The average Bonchev–Trinajstić information content (AvgIpc) is 2.11. The lowest BCUT2D eigenvalue weighted by Gasteiger charge is -2.35. The van der Waals surface area contributed by atoms with Crippen LogP contribution in [0.3, 0.4) is 0 Å². The molecule has 0 bridgehead atoms. The van der Waals surface area contributed by atoms with Crippen LogP contribution in [0.5, 0.6) is 0 Å². The van der Waals surface area contributed by atoms with Crippen LogP contribution >= 0.6 is 0 Å². The van der Waals surface area contributed by atoms with Gasteiger partial charge in [0.15, 0.2) is 9.84 Å². The van der Waals surface area contributed by atoms with E-state index in [4.69, 9.17) is 9.84 Å². The van der Waals surface area contributed by atoms with E-state index in [2.05, 4.69) is 0 Å². The first-order chi connectivity index (χ1) is 8.50. The molecule has 1 saturated heterocycles. The van der Waals surface area contributed by atoms with Crippen molar-refractivity contribution in [3.8, 4) is 0 Å². The molecule has 0 aromatic carbocycles. The maximum atomic E-state index is 11.9. The van der Waals surface area contributed by atoms with Crippen molar-refractivity contribution in [2.45, 2.75) is 38.8 Å². The predicted octanol–water partition coefficient (Wildman–Crippen LogP) is 0.495. The van der Waals surface area contributed by atoms with E-state index in [1.807, 2.05) is 0 Å². The van der Waals surface area contributed by atoms with Gasteiger partial charge in [0.05, 0.1) is 24.0 Å². The number of rotatable bonds is 2. The topological polar surface area (TPSA) is 101 Å². The predicted molar refractivity (Wildman–Crippen MR) is 67.6 cm³/mol. The lowest BCUT2D eigenvalue weighted by molar-refractivity contribution is -0.138. The van der Waals surface area contributed by atoms with Gasteiger partial charge in [-0.1, -0.05) is 0 Å². The summed E-state index contributed by atoms with van der Waals surface area (Å²) < 4.78 is 28.2. The summed E-state index contributed by atoms with van der Waals surface area (Å²) in [4.78, 5) is 23.9. The monoisotopic (exact) mass is 293 g/mol. The van der Waals surface area contributed by atoms with Crippen LogP contribution in [0.1, 0.15) is 27.2 Å². The first kappa shape index (κ1) is 15.7. The van der Waals surface area contributed by atoms with Crippen molar-refractivity contribution in [3.05, 3.63) is 0 Å². The van der Waals surface area contributed by atoms with E-state index in [9.17, 15) is 18.0 Å². The Morgan fingerprint density at radius 2 is 1.95 bits per heavy atom. The van der Waals surface area contributed by atoms with Crippen LogP contribution < -0.4 is 0 Å². The van der Waals surface area contributed by atoms with Crippen molar-refractivity contribution in [2.24, 2.45) is 0 Å². The van der Waals surface area contributed by atoms with Gasteiger partial charge in [-0.15, -0.1) is 0 Å². The van der Waals surface area contributed by atoms with E-state index in [0.717, 1.165) is 0 Å². The molecule has 0 saturated carbocycles. The highest BCUT2D eigenvalue weighted by atomic mass is 32.2. The van der Waals surface area contributed by atoms with Crippen LogP contribution in [-0.4, -0.2) is 60.2 Å². The fourth-order valence-corrected chi connectivity index (χ4v) is 3.34. The number of hydrogen-bond donors (Lipinski definition) is 1. The van der Waals surface area contributed by atoms with Crippen LogP contribution in [0.15, 0.2) is 0 Å². The van der Waals surface area contributed by atoms with E-state index < -0.39 is 40.0 Å². The summed E-state index contributed by atoms with van der Waals surface area (Å²) in [6.45, 7) is 5.04. The first-order valence-electron chi connectivity index (χ1n) is 5.92. The SMILES string of the molecule is CC(C)(C)OC(=O)N1CCS(=O)(=O)C[C@@H]1CC(=O)O. The van der Waals surface area contributed by atoms with Crippen LogP contribution in [0.2, 0.25) is 0 Å². The fraction of sp³-hybridized carbons (Fsp3) is 0.818. The Labute approximate surface area is 112 Å². The molecule has 7 nitrogen and oxygen atoms in total. The molecule has 1 aliphatic rings. The van der Waals surface area contributed by atoms with Crippen molar-refractivity contribution in [1.82, 2.24) is 4.90 Å². The lowest BCUT2D eigenvalue weighted by Crippen LogP contribution is -2.53. The molecule has 0 aliphatic carbocycles. The van der Waals surface area contributed by atoms with Gasteiger partial charge < -0.3 is 14.7 Å². The zero-order valence-electron chi connectivity index (χ0n) is 11.2. The molecule has 0 spiro atoms. The highest BCUT2D eigenvalue weighted by Crippen LogP contribution is 2.19. The van der Waals surface area contributed by atoms with E-state index in [0.29, 0.717) is 0 Å². The van der Waals surface area contributed by atoms with Gasteiger partial charge in [-0.05, 0) is 20.8 Å². The number of sulfone groups is 1. The summed E-state index contributed by atoms with van der Waals surface area (Å²) in [6, 6.07) is -0.869. The minimum absolute atomic E-state index is 0.0325. The molecule has 1 heterocycles. The molecule has 1 atom stereocenters. The summed E-state index contributed by atoms with van der Waals surface area (Å²) in [7, 11) is -3.30. The molecular formula is C11H19NO6S. The average molecular weight is 293 g/mol. The van der Waals surface area contributed by atoms with Gasteiger partial charge in [0.1, 0.15) is 5.60 Å². The zero-order valence-corrected chi connectivity index (χ0v) is 12.1. The fourth-order valence-electron chi connectivity index (χ4n) is 1.82. The number of carbonyl (C=O) groups excluding carboxylic acids is 1. The molecule has 0 aromatic heterocycles. The number of carboxylic acid groups (broad SMARTS) is 1. The summed E-state index contributed by atoms with van der Waals surface area (Å²) in [5.41, 5.74) is -0.707. The highest BCUT2D eigenvalue weighted by molar-refractivity contribution is 7.91. The number of hydrogen-bond acceptors (Lipinski definition) is 5. The number of nitrogens with zero attached hydrogens (tertiary/aromatic N) is 1. The Bertz CT molecular complexity index is 464. The summed E-state index contributed by atoms with van der Waals surface area (Å²) in [5.74, 6) is -1.64. The van der Waals surface area contributed by atoms with Gasteiger partial charge in [0.25, 0.3) is 0 Å². The van der Waals surface area contributed by atoms with Gasteiger partial charge >= 0.3 is 12.1 Å². The quantitative estimate of drug-likeness (QED) is 0.795. The summed E-state index contributed by atoms with van der Waals surface area (Å²) in [5, 5.41) is 8.79. The normalized spacial score (nSPS) is 22.9. The van der Waals surface area contributed by atoms with Gasteiger partial charge in [0.2, 0.25) is 0 Å². The van der Waals surface area contributed by atoms with Gasteiger partial charge in [0, 0.05) is 6.54 Å². The van der Waals surface area contributed by atoms with Crippen molar-refractivity contribution in [3.63, 3.8) is 0 Å². The molecule has 1 fully saturated rings. The number of aliphatic carboxylic acids is 1. The van der Waals surface area contributed by atoms with E-state index in [1.165, 1.54) is 4.90 Å². The smallest absolute Gasteiger partial charge is 0.410 e. The van der Waals surface area contributed by atoms with Crippen molar-refractivity contribution >= 4 is 21.9 Å². The number of carbonyl (C=O) groups is 2. The number of amides is 1. The van der Waals surface area contributed by atoms with Crippen LogP contribution in [0.4, 0.5) is 4.79 Å². The van der Waals surface area contributed by atoms with Crippen molar-refractivity contribution in [2.75, 3.05) is 18.1 Å². The molecule has 1 N–H and O–H groups in total.